The smallest absolute Gasteiger partial charge is 0.241 e. The molecule has 1 aliphatic rings. The van der Waals surface area contributed by atoms with Crippen LogP contribution in [0.1, 0.15) is 23.6 Å². The monoisotopic (exact) mass is 435 g/mol. The summed E-state index contributed by atoms with van der Waals surface area (Å²) in [7, 11) is 3.24. The van der Waals surface area contributed by atoms with Crippen molar-refractivity contribution in [1.29, 1.82) is 0 Å². The molecule has 158 valence electrons. The number of carbonyl (C=O) groups is 1. The molecule has 0 radical (unpaired) electrons. The molecule has 1 fully saturated rings. The van der Waals surface area contributed by atoms with Gasteiger partial charge in [0, 0.05) is 17.3 Å². The first-order chi connectivity index (χ1) is 15.1. The topological polar surface area (TPSA) is 51.9 Å². The molecule has 2 heterocycles. The lowest BCUT2D eigenvalue weighted by molar-refractivity contribution is -0.129. The number of amides is 1. The number of halogens is 1. The molecule has 1 saturated heterocycles. The number of hydrogen-bond acceptors (Lipinski definition) is 4. The SMILES string of the molecule is COc1cccc(OC)c1C1CC(Cl)C(=O)N1Cc1ccc2oc3ccccc3c2c1. The van der Waals surface area contributed by atoms with Gasteiger partial charge >= 0.3 is 0 Å². The van der Waals surface area contributed by atoms with Gasteiger partial charge in [-0.2, -0.15) is 0 Å². The zero-order valence-electron chi connectivity index (χ0n) is 17.3. The highest BCUT2D eigenvalue weighted by atomic mass is 35.5. The van der Waals surface area contributed by atoms with Gasteiger partial charge < -0.3 is 18.8 Å². The van der Waals surface area contributed by atoms with Crippen molar-refractivity contribution in [2.24, 2.45) is 0 Å². The Morgan fingerprint density at radius 1 is 0.968 bits per heavy atom. The van der Waals surface area contributed by atoms with Crippen molar-refractivity contribution in [2.45, 2.75) is 24.4 Å². The van der Waals surface area contributed by atoms with Gasteiger partial charge in [-0.25, -0.2) is 0 Å². The summed E-state index contributed by atoms with van der Waals surface area (Å²) < 4.78 is 17.1. The highest BCUT2D eigenvalue weighted by Gasteiger charge is 2.41. The standard InChI is InChI=1S/C25H22ClNO4/c1-29-22-8-5-9-23(30-2)24(22)19-13-18(26)25(28)27(19)14-15-10-11-21-17(12-15)16-6-3-4-7-20(16)31-21/h3-12,18-19H,13-14H2,1-2H3. The first kappa shape index (κ1) is 19.8. The maximum absolute atomic E-state index is 13.0. The molecule has 4 aromatic rings. The van der Waals surface area contributed by atoms with Gasteiger partial charge in [0.1, 0.15) is 28.0 Å². The number of nitrogens with zero attached hydrogens (tertiary/aromatic N) is 1. The molecule has 2 unspecified atom stereocenters. The maximum Gasteiger partial charge on any atom is 0.241 e. The molecule has 0 bridgehead atoms. The second-order valence-corrected chi connectivity index (χ2v) is 8.22. The lowest BCUT2D eigenvalue weighted by atomic mass is 10.0. The van der Waals surface area contributed by atoms with Crippen LogP contribution in [-0.4, -0.2) is 30.4 Å². The predicted octanol–water partition coefficient (Wildman–Crippen LogP) is 5.68. The minimum absolute atomic E-state index is 0.0863. The van der Waals surface area contributed by atoms with Gasteiger partial charge in [-0.15, -0.1) is 11.6 Å². The Labute approximate surface area is 185 Å². The Balaban J connectivity index is 1.56. The van der Waals surface area contributed by atoms with E-state index in [2.05, 4.69) is 6.07 Å². The number of methoxy groups -OCH3 is 2. The van der Waals surface area contributed by atoms with Crippen molar-refractivity contribution >= 4 is 39.4 Å². The van der Waals surface area contributed by atoms with Crippen LogP contribution in [0.4, 0.5) is 0 Å². The van der Waals surface area contributed by atoms with E-state index in [0.717, 1.165) is 33.1 Å². The molecule has 1 aliphatic heterocycles. The Morgan fingerprint density at radius 2 is 1.68 bits per heavy atom. The van der Waals surface area contributed by atoms with Crippen LogP contribution in [0.5, 0.6) is 11.5 Å². The number of rotatable bonds is 5. The van der Waals surface area contributed by atoms with E-state index in [4.69, 9.17) is 25.5 Å². The summed E-state index contributed by atoms with van der Waals surface area (Å²) in [5, 5.41) is 1.51. The largest absolute Gasteiger partial charge is 0.496 e. The maximum atomic E-state index is 13.0. The molecule has 2 atom stereocenters. The molecule has 0 N–H and O–H groups in total. The van der Waals surface area contributed by atoms with Crippen LogP contribution in [0.25, 0.3) is 21.9 Å². The highest BCUT2D eigenvalue weighted by Crippen LogP contribution is 2.45. The number of alkyl halides is 1. The second-order valence-electron chi connectivity index (χ2n) is 7.69. The molecule has 3 aromatic carbocycles. The summed E-state index contributed by atoms with van der Waals surface area (Å²) in [5.41, 5.74) is 3.54. The van der Waals surface area contributed by atoms with E-state index in [1.807, 2.05) is 59.5 Å². The molecular formula is C25H22ClNO4. The Morgan fingerprint density at radius 3 is 2.42 bits per heavy atom. The van der Waals surface area contributed by atoms with Gasteiger partial charge in [0.05, 0.1) is 25.8 Å². The quantitative estimate of drug-likeness (QED) is 0.378. The molecule has 31 heavy (non-hydrogen) atoms. The number of fused-ring (bicyclic) bond motifs is 3. The van der Waals surface area contributed by atoms with Crippen LogP contribution < -0.4 is 9.47 Å². The van der Waals surface area contributed by atoms with E-state index in [1.165, 1.54) is 0 Å². The van der Waals surface area contributed by atoms with Crippen LogP contribution >= 0.6 is 11.6 Å². The van der Waals surface area contributed by atoms with Gasteiger partial charge in [-0.1, -0.05) is 30.3 Å². The number of hydrogen-bond donors (Lipinski definition) is 0. The normalized spacial score (nSPS) is 18.8. The number of carbonyl (C=O) groups excluding carboxylic acids is 1. The lowest BCUT2D eigenvalue weighted by Gasteiger charge is -2.27. The number of furan rings is 1. The van der Waals surface area contributed by atoms with E-state index in [9.17, 15) is 4.79 Å². The van der Waals surface area contributed by atoms with Crippen molar-refractivity contribution in [3.05, 3.63) is 71.8 Å². The Bertz CT molecular complexity index is 1260. The summed E-state index contributed by atoms with van der Waals surface area (Å²) >= 11 is 6.43. The number of likely N-dealkylation sites (tertiary alicyclic amines) is 1. The van der Waals surface area contributed by atoms with Crippen LogP contribution in [0.2, 0.25) is 0 Å². The minimum Gasteiger partial charge on any atom is -0.496 e. The van der Waals surface area contributed by atoms with Gasteiger partial charge in [-0.3, -0.25) is 4.79 Å². The average molecular weight is 436 g/mol. The summed E-state index contributed by atoms with van der Waals surface area (Å²) in [6, 6.07) is 19.4. The molecule has 1 aromatic heterocycles. The van der Waals surface area contributed by atoms with Gasteiger partial charge in [-0.05, 0) is 42.3 Å². The fourth-order valence-electron chi connectivity index (χ4n) is 4.50. The van der Waals surface area contributed by atoms with Crippen molar-refractivity contribution in [3.8, 4) is 11.5 Å². The number of benzene rings is 3. The average Bonchev–Trinajstić information content (AvgIpc) is 3.30. The van der Waals surface area contributed by atoms with Crippen LogP contribution in [-0.2, 0) is 11.3 Å². The Hall–Kier alpha value is -3.18. The molecule has 6 heteroatoms. The highest BCUT2D eigenvalue weighted by molar-refractivity contribution is 6.31. The third-order valence-electron chi connectivity index (χ3n) is 5.95. The molecule has 5 nitrogen and oxygen atoms in total. The van der Waals surface area contributed by atoms with Gasteiger partial charge in [0.15, 0.2) is 0 Å². The van der Waals surface area contributed by atoms with E-state index in [0.29, 0.717) is 24.5 Å². The zero-order valence-corrected chi connectivity index (χ0v) is 18.1. The molecule has 5 rings (SSSR count). The van der Waals surface area contributed by atoms with Crippen molar-refractivity contribution in [3.63, 3.8) is 0 Å². The van der Waals surface area contributed by atoms with E-state index < -0.39 is 5.38 Å². The van der Waals surface area contributed by atoms with E-state index in [-0.39, 0.29) is 11.9 Å². The molecule has 0 spiro atoms. The summed E-state index contributed by atoms with van der Waals surface area (Å²) in [5.74, 6) is 1.28. The van der Waals surface area contributed by atoms with E-state index in [1.54, 1.807) is 14.2 Å². The third-order valence-corrected chi connectivity index (χ3v) is 6.32. The van der Waals surface area contributed by atoms with Crippen molar-refractivity contribution < 1.29 is 18.7 Å². The lowest BCUT2D eigenvalue weighted by Crippen LogP contribution is -2.29. The van der Waals surface area contributed by atoms with Crippen LogP contribution in [0.3, 0.4) is 0 Å². The predicted molar refractivity (Wildman–Crippen MR) is 121 cm³/mol. The van der Waals surface area contributed by atoms with E-state index >= 15 is 0 Å². The van der Waals surface area contributed by atoms with Crippen LogP contribution in [0.15, 0.2) is 65.1 Å². The summed E-state index contributed by atoms with van der Waals surface area (Å²) in [6.45, 7) is 0.434. The third kappa shape index (κ3) is 3.29. The zero-order chi connectivity index (χ0) is 21.5. The van der Waals surface area contributed by atoms with Gasteiger partial charge in [0.25, 0.3) is 0 Å². The van der Waals surface area contributed by atoms with Crippen molar-refractivity contribution in [2.75, 3.05) is 14.2 Å². The minimum atomic E-state index is -0.585. The molecule has 1 amide bonds. The summed E-state index contributed by atoms with van der Waals surface area (Å²) in [4.78, 5) is 14.8. The molecule has 0 aliphatic carbocycles. The Kier molecular flexibility index (Phi) is 4.98. The fourth-order valence-corrected chi connectivity index (χ4v) is 4.79. The second kappa shape index (κ2) is 7.82. The van der Waals surface area contributed by atoms with Gasteiger partial charge in [0.2, 0.25) is 5.91 Å². The first-order valence-corrected chi connectivity index (χ1v) is 10.6. The van der Waals surface area contributed by atoms with Crippen molar-refractivity contribution in [1.82, 2.24) is 4.90 Å². The molecular weight excluding hydrogens is 414 g/mol. The first-order valence-electron chi connectivity index (χ1n) is 10.2. The molecule has 0 saturated carbocycles. The van der Waals surface area contributed by atoms with Crippen LogP contribution in [0, 0.1) is 0 Å². The summed E-state index contributed by atoms with van der Waals surface area (Å²) in [6.07, 6.45) is 0.494. The number of ether oxygens (including phenoxy) is 2. The number of para-hydroxylation sites is 1. The fraction of sp³-hybridized carbons (Fsp3) is 0.240.